The van der Waals surface area contributed by atoms with Gasteiger partial charge in [0.1, 0.15) is 0 Å². The second-order valence-electron chi connectivity index (χ2n) is 4.92. The molecule has 0 aromatic rings. The van der Waals surface area contributed by atoms with Crippen molar-refractivity contribution in [1.29, 1.82) is 0 Å². The summed E-state index contributed by atoms with van der Waals surface area (Å²) in [5.74, 6) is 0.991. The van der Waals surface area contributed by atoms with Crippen molar-refractivity contribution >= 4 is 8.07 Å². The van der Waals surface area contributed by atoms with Crippen LogP contribution < -0.4 is 5.32 Å². The summed E-state index contributed by atoms with van der Waals surface area (Å²) >= 11 is 0. The van der Waals surface area contributed by atoms with Crippen LogP contribution in [0.3, 0.4) is 0 Å². The lowest BCUT2D eigenvalue weighted by Crippen LogP contribution is -2.34. The first-order chi connectivity index (χ1) is 5.64. The topological polar surface area (TPSA) is 12.0 Å². The lowest BCUT2D eigenvalue weighted by molar-refractivity contribution is 0.437. The van der Waals surface area contributed by atoms with Gasteiger partial charge in [0, 0.05) is 8.07 Å². The minimum atomic E-state index is -0.699. The van der Waals surface area contributed by atoms with Crippen LogP contribution >= 0.6 is 0 Å². The van der Waals surface area contributed by atoms with Crippen molar-refractivity contribution in [2.24, 2.45) is 5.92 Å². The van der Waals surface area contributed by atoms with Crippen molar-refractivity contribution < 1.29 is 0 Å². The molecule has 0 spiro atoms. The lowest BCUT2D eigenvalue weighted by Gasteiger charge is -2.32. The van der Waals surface area contributed by atoms with Gasteiger partial charge < -0.3 is 5.32 Å². The normalized spacial score (nSPS) is 24.2. The van der Waals surface area contributed by atoms with Crippen LogP contribution in [0.1, 0.15) is 19.8 Å². The molecule has 0 bridgehead atoms. The van der Waals surface area contributed by atoms with Crippen molar-refractivity contribution in [3.63, 3.8) is 0 Å². The van der Waals surface area contributed by atoms with Crippen LogP contribution in [0.15, 0.2) is 0 Å². The molecule has 1 fully saturated rings. The Bertz CT molecular complexity index is 124. The standard InChI is InChI=1S/C10H23NSi/c1-4-11-9-10-5-7-12(2,3)8-6-10/h10-11H,4-9H2,1-3H3. The summed E-state index contributed by atoms with van der Waals surface area (Å²) in [4.78, 5) is 0. The molecule has 0 aromatic carbocycles. The molecule has 0 amide bonds. The fraction of sp³-hybridized carbons (Fsp3) is 1.00. The second kappa shape index (κ2) is 4.42. The highest BCUT2D eigenvalue weighted by atomic mass is 28.3. The molecule has 0 radical (unpaired) electrons. The highest BCUT2D eigenvalue weighted by molar-refractivity contribution is 6.77. The summed E-state index contributed by atoms with van der Waals surface area (Å²) in [6, 6.07) is 3.12. The molecule has 0 aliphatic carbocycles. The van der Waals surface area contributed by atoms with Gasteiger partial charge >= 0.3 is 0 Å². The van der Waals surface area contributed by atoms with Crippen molar-refractivity contribution in [1.82, 2.24) is 5.32 Å². The van der Waals surface area contributed by atoms with E-state index in [1.54, 1.807) is 12.1 Å². The smallest absolute Gasteiger partial charge is 0.0473 e. The summed E-state index contributed by atoms with van der Waals surface area (Å²) in [6.45, 7) is 9.67. The van der Waals surface area contributed by atoms with Crippen molar-refractivity contribution in [3.8, 4) is 0 Å². The van der Waals surface area contributed by atoms with Gasteiger partial charge in [-0.05, 0) is 19.0 Å². The van der Waals surface area contributed by atoms with E-state index in [0.29, 0.717) is 0 Å². The van der Waals surface area contributed by atoms with Gasteiger partial charge in [-0.2, -0.15) is 0 Å². The van der Waals surface area contributed by atoms with Gasteiger partial charge in [-0.1, -0.05) is 44.9 Å². The molecule has 0 aromatic heterocycles. The molecule has 1 aliphatic rings. The van der Waals surface area contributed by atoms with Crippen LogP contribution in [0.4, 0.5) is 0 Å². The molecule has 1 aliphatic heterocycles. The molecule has 1 heterocycles. The van der Waals surface area contributed by atoms with E-state index >= 15 is 0 Å². The zero-order valence-electron chi connectivity index (χ0n) is 8.82. The van der Waals surface area contributed by atoms with E-state index < -0.39 is 8.07 Å². The molecular weight excluding hydrogens is 162 g/mol. The second-order valence-corrected chi connectivity index (χ2v) is 10.2. The molecule has 0 atom stereocenters. The summed E-state index contributed by atoms with van der Waals surface area (Å²) in [6.07, 6.45) is 2.98. The van der Waals surface area contributed by atoms with Gasteiger partial charge in [-0.3, -0.25) is 0 Å². The summed E-state index contributed by atoms with van der Waals surface area (Å²) in [5, 5.41) is 3.46. The highest BCUT2D eigenvalue weighted by Gasteiger charge is 2.27. The van der Waals surface area contributed by atoms with E-state index in [9.17, 15) is 0 Å². The third kappa shape index (κ3) is 3.28. The van der Waals surface area contributed by atoms with E-state index in [1.165, 1.54) is 19.4 Å². The van der Waals surface area contributed by atoms with Crippen molar-refractivity contribution in [2.75, 3.05) is 13.1 Å². The van der Waals surface area contributed by atoms with Crippen LogP contribution in [0, 0.1) is 5.92 Å². The molecule has 1 rings (SSSR count). The first-order valence-electron chi connectivity index (χ1n) is 5.35. The van der Waals surface area contributed by atoms with Crippen LogP contribution in [0.25, 0.3) is 0 Å². The summed E-state index contributed by atoms with van der Waals surface area (Å²) in [7, 11) is -0.699. The Kier molecular flexibility index (Phi) is 3.78. The Hall–Kier alpha value is 0.177. The third-order valence-corrected chi connectivity index (χ3v) is 6.43. The maximum atomic E-state index is 3.46. The van der Waals surface area contributed by atoms with Gasteiger partial charge in [0.25, 0.3) is 0 Å². The molecule has 1 saturated heterocycles. The zero-order chi connectivity index (χ0) is 9.03. The summed E-state index contributed by atoms with van der Waals surface area (Å²) < 4.78 is 0. The van der Waals surface area contributed by atoms with E-state index in [-0.39, 0.29) is 0 Å². The van der Waals surface area contributed by atoms with Crippen LogP contribution in [0.2, 0.25) is 25.2 Å². The minimum absolute atomic E-state index is 0.699. The quantitative estimate of drug-likeness (QED) is 0.667. The number of hydrogen-bond acceptors (Lipinski definition) is 1. The Morgan fingerprint density at radius 1 is 1.25 bits per heavy atom. The SMILES string of the molecule is CCNCC1CC[Si](C)(C)CC1. The van der Waals surface area contributed by atoms with E-state index in [1.807, 2.05) is 0 Å². The largest absolute Gasteiger partial charge is 0.317 e. The van der Waals surface area contributed by atoms with Crippen LogP contribution in [0.5, 0.6) is 0 Å². The van der Waals surface area contributed by atoms with E-state index in [2.05, 4.69) is 25.3 Å². The fourth-order valence-electron chi connectivity index (χ4n) is 2.01. The number of hydrogen-bond donors (Lipinski definition) is 1. The predicted octanol–water partition coefficient (Wildman–Crippen LogP) is 2.71. The highest BCUT2D eigenvalue weighted by Crippen LogP contribution is 2.31. The Balaban J connectivity index is 2.18. The zero-order valence-corrected chi connectivity index (χ0v) is 9.82. The molecule has 1 nitrogen and oxygen atoms in total. The Morgan fingerprint density at radius 2 is 1.83 bits per heavy atom. The fourth-order valence-corrected chi connectivity index (χ4v) is 4.64. The van der Waals surface area contributed by atoms with Crippen LogP contribution in [-0.2, 0) is 0 Å². The van der Waals surface area contributed by atoms with E-state index in [0.717, 1.165) is 12.5 Å². The lowest BCUT2D eigenvalue weighted by atomic mass is 10.0. The van der Waals surface area contributed by atoms with Crippen LogP contribution in [-0.4, -0.2) is 21.2 Å². The molecule has 12 heavy (non-hydrogen) atoms. The first-order valence-corrected chi connectivity index (χ1v) is 8.76. The average molecular weight is 185 g/mol. The average Bonchev–Trinajstić information content (AvgIpc) is 2.03. The van der Waals surface area contributed by atoms with Gasteiger partial charge in [0.05, 0.1) is 0 Å². The predicted molar refractivity (Wildman–Crippen MR) is 58.4 cm³/mol. The van der Waals surface area contributed by atoms with Crippen molar-refractivity contribution in [3.05, 3.63) is 0 Å². The molecule has 72 valence electrons. The summed E-state index contributed by atoms with van der Waals surface area (Å²) in [5.41, 5.74) is 0. The number of nitrogens with one attached hydrogen (secondary N) is 1. The first kappa shape index (κ1) is 10.3. The van der Waals surface area contributed by atoms with Gasteiger partial charge in [-0.25, -0.2) is 0 Å². The Morgan fingerprint density at radius 3 is 2.33 bits per heavy atom. The molecule has 0 saturated carbocycles. The molecule has 1 N–H and O–H groups in total. The molecule has 0 unspecified atom stereocenters. The minimum Gasteiger partial charge on any atom is -0.317 e. The Labute approximate surface area is 77.9 Å². The monoisotopic (exact) mass is 185 g/mol. The van der Waals surface area contributed by atoms with Gasteiger partial charge in [0.2, 0.25) is 0 Å². The maximum absolute atomic E-state index is 3.46. The molecule has 2 heteroatoms. The van der Waals surface area contributed by atoms with Crippen molar-refractivity contribution in [2.45, 2.75) is 44.9 Å². The number of rotatable bonds is 3. The van der Waals surface area contributed by atoms with E-state index in [4.69, 9.17) is 0 Å². The maximum Gasteiger partial charge on any atom is 0.0473 e. The third-order valence-electron chi connectivity index (χ3n) is 3.14. The van der Waals surface area contributed by atoms with Gasteiger partial charge in [0.15, 0.2) is 0 Å². The van der Waals surface area contributed by atoms with Gasteiger partial charge in [-0.15, -0.1) is 0 Å². The molecular formula is C10H23NSi.